The van der Waals surface area contributed by atoms with Crippen LogP contribution in [0.25, 0.3) is 0 Å². The van der Waals surface area contributed by atoms with Crippen molar-refractivity contribution in [3.8, 4) is 11.5 Å². The number of aromatic hydroxyl groups is 1. The van der Waals surface area contributed by atoms with Gasteiger partial charge in [0, 0.05) is 11.6 Å². The third kappa shape index (κ3) is 1.88. The molecule has 1 fully saturated rings. The van der Waals surface area contributed by atoms with Gasteiger partial charge in [-0.1, -0.05) is 12.7 Å². The Morgan fingerprint density at radius 3 is 3.07 bits per heavy atom. The average Bonchev–Trinajstić information content (AvgIpc) is 2.98. The van der Waals surface area contributed by atoms with E-state index < -0.39 is 0 Å². The fraction of sp³-hybridized carbons (Fsp3) is 0.273. The molecule has 1 N–H and O–H groups in total. The lowest BCUT2D eigenvalue weighted by molar-refractivity contribution is 0.345. The maximum Gasteiger partial charge on any atom is 0.129 e. The SMILES string of the molecule is C=CCOc1cc(O)ccc1C1CO1. The molecule has 14 heavy (non-hydrogen) atoms. The summed E-state index contributed by atoms with van der Waals surface area (Å²) in [6.45, 7) is 4.73. The minimum absolute atomic E-state index is 0.135. The zero-order chi connectivity index (χ0) is 9.97. The van der Waals surface area contributed by atoms with E-state index >= 15 is 0 Å². The largest absolute Gasteiger partial charge is 0.508 e. The van der Waals surface area contributed by atoms with Crippen molar-refractivity contribution in [3.63, 3.8) is 0 Å². The summed E-state index contributed by atoms with van der Waals surface area (Å²) in [5.41, 5.74) is 0.990. The molecule has 1 aromatic rings. The normalized spacial score (nSPS) is 19.0. The van der Waals surface area contributed by atoms with Crippen molar-refractivity contribution in [3.05, 3.63) is 36.4 Å². The lowest BCUT2D eigenvalue weighted by Crippen LogP contribution is -1.96. The molecule has 0 amide bonds. The van der Waals surface area contributed by atoms with E-state index in [0.29, 0.717) is 12.4 Å². The van der Waals surface area contributed by atoms with Gasteiger partial charge in [0.1, 0.15) is 24.2 Å². The van der Waals surface area contributed by atoms with Gasteiger partial charge in [-0.05, 0) is 12.1 Å². The predicted octanol–water partition coefficient (Wildman–Crippen LogP) is 2.03. The van der Waals surface area contributed by atoms with Crippen LogP contribution in [0, 0.1) is 0 Å². The van der Waals surface area contributed by atoms with Crippen LogP contribution in [0.4, 0.5) is 0 Å². The molecule has 0 spiro atoms. The van der Waals surface area contributed by atoms with Crippen molar-refractivity contribution >= 4 is 0 Å². The Bertz CT molecular complexity index is 342. The molecule has 0 aliphatic carbocycles. The zero-order valence-corrected chi connectivity index (χ0v) is 7.77. The summed E-state index contributed by atoms with van der Waals surface area (Å²) in [5, 5.41) is 9.29. The number of hydrogen-bond acceptors (Lipinski definition) is 3. The van der Waals surface area contributed by atoms with Gasteiger partial charge in [-0.2, -0.15) is 0 Å². The fourth-order valence-electron chi connectivity index (χ4n) is 1.29. The van der Waals surface area contributed by atoms with E-state index in [-0.39, 0.29) is 11.9 Å². The van der Waals surface area contributed by atoms with E-state index in [4.69, 9.17) is 9.47 Å². The molecule has 2 rings (SSSR count). The van der Waals surface area contributed by atoms with E-state index in [0.717, 1.165) is 12.2 Å². The molecule has 1 aliphatic rings. The highest BCUT2D eigenvalue weighted by atomic mass is 16.6. The van der Waals surface area contributed by atoms with Crippen molar-refractivity contribution in [2.75, 3.05) is 13.2 Å². The van der Waals surface area contributed by atoms with Gasteiger partial charge in [-0.3, -0.25) is 0 Å². The van der Waals surface area contributed by atoms with Crippen LogP contribution >= 0.6 is 0 Å². The summed E-state index contributed by atoms with van der Waals surface area (Å²) in [6, 6.07) is 5.06. The molecule has 0 radical (unpaired) electrons. The van der Waals surface area contributed by atoms with Crippen LogP contribution in [-0.4, -0.2) is 18.3 Å². The van der Waals surface area contributed by atoms with Crippen LogP contribution in [0.1, 0.15) is 11.7 Å². The molecule has 1 saturated heterocycles. The first-order chi connectivity index (χ1) is 6.81. The van der Waals surface area contributed by atoms with Crippen molar-refractivity contribution in [2.24, 2.45) is 0 Å². The standard InChI is InChI=1S/C11H12O3/c1-2-5-13-10-6-8(12)3-4-9(10)11-7-14-11/h2-4,6,11-12H,1,5,7H2. The molecular formula is C11H12O3. The second-order valence-electron chi connectivity index (χ2n) is 3.14. The first kappa shape index (κ1) is 9.09. The molecule has 3 nitrogen and oxygen atoms in total. The minimum Gasteiger partial charge on any atom is -0.508 e. The second-order valence-corrected chi connectivity index (χ2v) is 3.14. The van der Waals surface area contributed by atoms with E-state index in [2.05, 4.69) is 6.58 Å². The van der Waals surface area contributed by atoms with E-state index in [1.807, 2.05) is 6.07 Å². The van der Waals surface area contributed by atoms with Crippen LogP contribution in [0.5, 0.6) is 11.5 Å². The minimum atomic E-state index is 0.135. The van der Waals surface area contributed by atoms with Crippen molar-refractivity contribution in [1.29, 1.82) is 0 Å². The van der Waals surface area contributed by atoms with Gasteiger partial charge in [0.15, 0.2) is 0 Å². The van der Waals surface area contributed by atoms with Gasteiger partial charge >= 0.3 is 0 Å². The highest BCUT2D eigenvalue weighted by Gasteiger charge is 2.28. The topological polar surface area (TPSA) is 42.0 Å². The number of rotatable bonds is 4. The highest BCUT2D eigenvalue weighted by molar-refractivity contribution is 5.42. The summed E-state index contributed by atoms with van der Waals surface area (Å²) < 4.78 is 10.6. The van der Waals surface area contributed by atoms with Crippen LogP contribution < -0.4 is 4.74 Å². The summed E-state index contributed by atoms with van der Waals surface area (Å²) in [6.07, 6.45) is 1.80. The molecular weight excluding hydrogens is 180 g/mol. The van der Waals surface area contributed by atoms with Gasteiger partial charge in [-0.15, -0.1) is 0 Å². The number of hydrogen-bond donors (Lipinski definition) is 1. The number of phenolic OH excluding ortho intramolecular Hbond substituents is 1. The highest BCUT2D eigenvalue weighted by Crippen LogP contribution is 2.37. The molecule has 74 valence electrons. The molecule has 1 atom stereocenters. The Morgan fingerprint density at radius 2 is 2.43 bits per heavy atom. The first-order valence-corrected chi connectivity index (χ1v) is 4.49. The van der Waals surface area contributed by atoms with Crippen LogP contribution in [0.3, 0.4) is 0 Å². The monoisotopic (exact) mass is 192 g/mol. The van der Waals surface area contributed by atoms with Crippen LogP contribution in [0.2, 0.25) is 0 Å². The summed E-state index contributed by atoms with van der Waals surface area (Å²) in [4.78, 5) is 0. The lowest BCUT2D eigenvalue weighted by atomic mass is 10.1. The fourth-order valence-corrected chi connectivity index (χ4v) is 1.29. The molecule has 1 unspecified atom stereocenters. The van der Waals surface area contributed by atoms with Gasteiger partial charge in [-0.25, -0.2) is 0 Å². The van der Waals surface area contributed by atoms with E-state index in [9.17, 15) is 5.11 Å². The Morgan fingerprint density at radius 1 is 1.64 bits per heavy atom. The lowest BCUT2D eigenvalue weighted by Gasteiger charge is -2.08. The van der Waals surface area contributed by atoms with Gasteiger partial charge < -0.3 is 14.6 Å². The molecule has 0 bridgehead atoms. The zero-order valence-electron chi connectivity index (χ0n) is 7.77. The number of epoxide rings is 1. The molecule has 3 heteroatoms. The van der Waals surface area contributed by atoms with Gasteiger partial charge in [0.25, 0.3) is 0 Å². The molecule has 1 heterocycles. The Labute approximate surface area is 82.6 Å². The Hall–Kier alpha value is -1.48. The smallest absolute Gasteiger partial charge is 0.129 e. The van der Waals surface area contributed by atoms with Crippen molar-refractivity contribution in [2.45, 2.75) is 6.10 Å². The summed E-state index contributed by atoms with van der Waals surface area (Å²) >= 11 is 0. The maximum atomic E-state index is 9.29. The van der Waals surface area contributed by atoms with Crippen LogP contribution in [0.15, 0.2) is 30.9 Å². The van der Waals surface area contributed by atoms with E-state index in [1.165, 1.54) is 0 Å². The third-order valence-electron chi connectivity index (χ3n) is 2.03. The maximum absolute atomic E-state index is 9.29. The molecule has 1 aliphatic heterocycles. The first-order valence-electron chi connectivity index (χ1n) is 4.49. The summed E-state index contributed by atoms with van der Waals surface area (Å²) in [7, 11) is 0. The molecule has 0 saturated carbocycles. The van der Waals surface area contributed by atoms with Crippen molar-refractivity contribution < 1.29 is 14.6 Å². The second kappa shape index (κ2) is 3.72. The van der Waals surface area contributed by atoms with Gasteiger partial charge in [0.05, 0.1) is 6.61 Å². The molecule has 1 aromatic carbocycles. The number of benzene rings is 1. The Balaban J connectivity index is 2.23. The number of phenols is 1. The predicted molar refractivity (Wildman–Crippen MR) is 52.5 cm³/mol. The Kier molecular flexibility index (Phi) is 2.41. The van der Waals surface area contributed by atoms with Crippen molar-refractivity contribution in [1.82, 2.24) is 0 Å². The average molecular weight is 192 g/mol. The summed E-state index contributed by atoms with van der Waals surface area (Å²) in [5.74, 6) is 0.876. The van der Waals surface area contributed by atoms with E-state index in [1.54, 1.807) is 18.2 Å². The van der Waals surface area contributed by atoms with Crippen LogP contribution in [-0.2, 0) is 4.74 Å². The molecule has 0 aromatic heterocycles. The van der Waals surface area contributed by atoms with Gasteiger partial charge in [0.2, 0.25) is 0 Å². The number of ether oxygens (including phenoxy) is 2. The third-order valence-corrected chi connectivity index (χ3v) is 2.03. The quantitative estimate of drug-likeness (QED) is 0.586.